The van der Waals surface area contributed by atoms with E-state index in [1.54, 1.807) is 6.26 Å². The van der Waals surface area contributed by atoms with E-state index >= 15 is 0 Å². The fourth-order valence-electron chi connectivity index (χ4n) is 1.07. The quantitative estimate of drug-likeness (QED) is 0.722. The monoisotopic (exact) mass is 270 g/mol. The van der Waals surface area contributed by atoms with Crippen LogP contribution in [0, 0.1) is 3.57 Å². The van der Waals surface area contributed by atoms with E-state index in [0.717, 1.165) is 14.9 Å². The highest BCUT2D eigenvalue weighted by atomic mass is 127. The van der Waals surface area contributed by atoms with Gasteiger partial charge >= 0.3 is 0 Å². The molecule has 0 atom stereocenters. The largest absolute Gasteiger partial charge is 0.463 e. The predicted molar refractivity (Wildman–Crippen MR) is 56.9 cm³/mol. The van der Waals surface area contributed by atoms with Crippen molar-refractivity contribution >= 4 is 22.6 Å². The molecule has 1 aromatic carbocycles. The molecule has 2 heteroatoms. The van der Waals surface area contributed by atoms with Crippen LogP contribution in [0.25, 0.3) is 11.3 Å². The second-order valence-electron chi connectivity index (χ2n) is 2.50. The summed E-state index contributed by atoms with van der Waals surface area (Å²) in [5.74, 6) is 0.931. The molecular formula is C10H7IO. The zero-order valence-electron chi connectivity index (χ0n) is 6.33. The Balaban J connectivity index is 2.45. The van der Waals surface area contributed by atoms with Crippen LogP contribution >= 0.6 is 22.6 Å². The van der Waals surface area contributed by atoms with Gasteiger partial charge in [0, 0.05) is 5.56 Å². The van der Waals surface area contributed by atoms with Crippen molar-refractivity contribution in [1.82, 2.24) is 0 Å². The summed E-state index contributed by atoms with van der Waals surface area (Å²) in [4.78, 5) is 0. The third kappa shape index (κ3) is 1.53. The van der Waals surface area contributed by atoms with Crippen LogP contribution < -0.4 is 0 Å². The van der Waals surface area contributed by atoms with Crippen LogP contribution in [0.2, 0.25) is 0 Å². The molecule has 0 bridgehead atoms. The van der Waals surface area contributed by atoms with Crippen molar-refractivity contribution in [2.75, 3.05) is 0 Å². The molecule has 12 heavy (non-hydrogen) atoms. The molecule has 0 saturated heterocycles. The van der Waals surface area contributed by atoms with Gasteiger partial charge in [-0.2, -0.15) is 0 Å². The van der Waals surface area contributed by atoms with E-state index in [4.69, 9.17) is 4.42 Å². The van der Waals surface area contributed by atoms with Gasteiger partial charge in [0.1, 0.15) is 12.0 Å². The van der Waals surface area contributed by atoms with Crippen LogP contribution in [0.3, 0.4) is 0 Å². The zero-order valence-corrected chi connectivity index (χ0v) is 8.49. The van der Waals surface area contributed by atoms with Crippen molar-refractivity contribution in [1.29, 1.82) is 0 Å². The van der Waals surface area contributed by atoms with Crippen molar-refractivity contribution in [3.63, 3.8) is 0 Å². The van der Waals surface area contributed by atoms with Gasteiger partial charge in [-0.15, -0.1) is 0 Å². The molecule has 0 N–H and O–H groups in total. The Kier molecular flexibility index (Phi) is 2.17. The first-order chi connectivity index (χ1) is 5.86. The molecule has 60 valence electrons. The second kappa shape index (κ2) is 3.31. The van der Waals surface area contributed by atoms with Gasteiger partial charge in [-0.3, -0.25) is 0 Å². The van der Waals surface area contributed by atoms with E-state index in [1.165, 1.54) is 0 Å². The lowest BCUT2D eigenvalue weighted by Gasteiger charge is -1.92. The molecule has 0 aliphatic carbocycles. The molecule has 0 saturated carbocycles. The number of hydrogen-bond acceptors (Lipinski definition) is 1. The summed E-state index contributed by atoms with van der Waals surface area (Å²) >= 11 is 2.23. The Morgan fingerprint density at radius 3 is 2.42 bits per heavy atom. The molecule has 0 amide bonds. The van der Waals surface area contributed by atoms with Crippen molar-refractivity contribution in [2.45, 2.75) is 0 Å². The molecule has 2 rings (SSSR count). The second-order valence-corrected chi connectivity index (χ2v) is 3.74. The van der Waals surface area contributed by atoms with Crippen LogP contribution in [0.1, 0.15) is 0 Å². The predicted octanol–water partition coefficient (Wildman–Crippen LogP) is 3.55. The van der Waals surface area contributed by atoms with E-state index in [1.807, 2.05) is 36.4 Å². The van der Waals surface area contributed by atoms with Crippen molar-refractivity contribution < 1.29 is 4.42 Å². The Morgan fingerprint density at radius 1 is 1.08 bits per heavy atom. The summed E-state index contributed by atoms with van der Waals surface area (Å²) in [6.45, 7) is 0. The van der Waals surface area contributed by atoms with Gasteiger partial charge in [0.2, 0.25) is 0 Å². The molecule has 0 spiro atoms. The first-order valence-corrected chi connectivity index (χ1v) is 4.73. The minimum atomic E-state index is 0.931. The summed E-state index contributed by atoms with van der Waals surface area (Å²) in [7, 11) is 0. The lowest BCUT2D eigenvalue weighted by Crippen LogP contribution is -1.69. The van der Waals surface area contributed by atoms with E-state index in [2.05, 4.69) is 22.6 Å². The van der Waals surface area contributed by atoms with Gasteiger partial charge in [0.05, 0.1) is 3.57 Å². The topological polar surface area (TPSA) is 13.1 Å². The molecule has 1 heterocycles. The zero-order chi connectivity index (χ0) is 8.39. The van der Waals surface area contributed by atoms with Gasteiger partial charge in [-0.25, -0.2) is 0 Å². The van der Waals surface area contributed by atoms with Crippen LogP contribution in [0.5, 0.6) is 0 Å². The number of rotatable bonds is 1. The van der Waals surface area contributed by atoms with E-state index in [-0.39, 0.29) is 0 Å². The maximum atomic E-state index is 5.34. The van der Waals surface area contributed by atoms with Gasteiger partial charge in [0.15, 0.2) is 0 Å². The number of halogens is 1. The Morgan fingerprint density at radius 2 is 1.83 bits per heavy atom. The minimum Gasteiger partial charge on any atom is -0.463 e. The van der Waals surface area contributed by atoms with E-state index in [9.17, 15) is 0 Å². The maximum absolute atomic E-state index is 5.34. The fourth-order valence-corrected chi connectivity index (χ4v) is 1.48. The standard InChI is InChI=1S/C10H7IO/c11-9-6-10(12-7-9)8-4-2-1-3-5-8/h1-7H. The number of hydrogen-bond donors (Lipinski definition) is 0. The van der Waals surface area contributed by atoms with E-state index < -0.39 is 0 Å². The third-order valence-corrected chi connectivity index (χ3v) is 2.19. The van der Waals surface area contributed by atoms with Crippen molar-refractivity contribution in [3.05, 3.63) is 46.2 Å². The van der Waals surface area contributed by atoms with Crippen molar-refractivity contribution in [2.24, 2.45) is 0 Å². The summed E-state index contributed by atoms with van der Waals surface area (Å²) in [6.07, 6.45) is 1.75. The molecule has 0 radical (unpaired) electrons. The normalized spacial score (nSPS) is 10.1. The first-order valence-electron chi connectivity index (χ1n) is 3.66. The summed E-state index contributed by atoms with van der Waals surface area (Å²) < 4.78 is 6.47. The average molecular weight is 270 g/mol. The molecule has 1 aromatic heterocycles. The average Bonchev–Trinajstić information content (AvgIpc) is 2.54. The van der Waals surface area contributed by atoms with E-state index in [0.29, 0.717) is 0 Å². The Labute approximate surface area is 84.5 Å². The molecule has 0 aliphatic rings. The van der Waals surface area contributed by atoms with Crippen LogP contribution in [-0.2, 0) is 0 Å². The Bertz CT molecular complexity index is 364. The SMILES string of the molecule is Ic1coc(-c2ccccc2)c1. The summed E-state index contributed by atoms with van der Waals surface area (Å²) in [5.41, 5.74) is 1.13. The summed E-state index contributed by atoms with van der Waals surface area (Å²) in [5, 5.41) is 0. The van der Waals surface area contributed by atoms with Gasteiger partial charge < -0.3 is 4.42 Å². The third-order valence-electron chi connectivity index (χ3n) is 1.63. The summed E-state index contributed by atoms with van der Waals surface area (Å²) in [6, 6.07) is 12.1. The highest BCUT2D eigenvalue weighted by Gasteiger charge is 2.00. The molecule has 1 nitrogen and oxygen atoms in total. The molecular weight excluding hydrogens is 263 g/mol. The fraction of sp³-hybridized carbons (Fsp3) is 0. The first kappa shape index (κ1) is 7.86. The van der Waals surface area contributed by atoms with Crippen LogP contribution in [0.15, 0.2) is 47.1 Å². The molecule has 0 fully saturated rings. The molecule has 0 aliphatic heterocycles. The van der Waals surface area contributed by atoms with Crippen LogP contribution in [-0.4, -0.2) is 0 Å². The van der Waals surface area contributed by atoms with Gasteiger partial charge in [-0.1, -0.05) is 30.3 Å². The van der Waals surface area contributed by atoms with Gasteiger partial charge in [0.25, 0.3) is 0 Å². The highest BCUT2D eigenvalue weighted by Crippen LogP contribution is 2.22. The molecule has 2 aromatic rings. The smallest absolute Gasteiger partial charge is 0.134 e. The lowest BCUT2D eigenvalue weighted by atomic mass is 10.2. The maximum Gasteiger partial charge on any atom is 0.134 e. The number of benzene rings is 1. The minimum absolute atomic E-state index is 0.931. The lowest BCUT2D eigenvalue weighted by molar-refractivity contribution is 0.580. The van der Waals surface area contributed by atoms with Gasteiger partial charge in [-0.05, 0) is 28.7 Å². The highest BCUT2D eigenvalue weighted by molar-refractivity contribution is 14.1. The van der Waals surface area contributed by atoms with Crippen LogP contribution in [0.4, 0.5) is 0 Å². The Hall–Kier alpha value is -0.770. The number of furan rings is 1. The molecule has 0 unspecified atom stereocenters. The van der Waals surface area contributed by atoms with Crippen molar-refractivity contribution in [3.8, 4) is 11.3 Å².